The molecule has 0 radical (unpaired) electrons. The highest BCUT2D eigenvalue weighted by Gasteiger charge is 2.52. The van der Waals surface area contributed by atoms with Crippen LogP contribution in [0, 0.1) is 0 Å². The summed E-state index contributed by atoms with van der Waals surface area (Å²) >= 11 is 0. The van der Waals surface area contributed by atoms with Crippen molar-refractivity contribution >= 4 is 12.6 Å². The summed E-state index contributed by atoms with van der Waals surface area (Å²) in [6, 6.07) is 6.22. The lowest BCUT2D eigenvalue weighted by Gasteiger charge is -2.32. The van der Waals surface area contributed by atoms with E-state index in [4.69, 9.17) is 23.5 Å². The van der Waals surface area contributed by atoms with Gasteiger partial charge in [0.15, 0.2) is 0 Å². The fraction of sp³-hybridized carbons (Fsp3) is 0.700. The van der Waals surface area contributed by atoms with Gasteiger partial charge in [-0.1, -0.05) is 18.2 Å². The summed E-state index contributed by atoms with van der Waals surface area (Å²) < 4.78 is 29.0. The molecule has 1 atom stereocenters. The highest BCUT2D eigenvalue weighted by Crippen LogP contribution is 2.36. The Morgan fingerprint density at radius 3 is 2.31 bits per heavy atom. The number of ether oxygens (including phenoxy) is 3. The Kier molecular flexibility index (Phi) is 7.28. The molecule has 146 valence electrons. The van der Waals surface area contributed by atoms with Gasteiger partial charge in [0.05, 0.1) is 37.1 Å². The second-order valence-electron chi connectivity index (χ2n) is 7.84. The Hall–Kier alpha value is -0.915. The van der Waals surface area contributed by atoms with Crippen molar-refractivity contribution in [3.05, 3.63) is 29.3 Å². The van der Waals surface area contributed by atoms with E-state index in [-0.39, 0.29) is 17.3 Å². The van der Waals surface area contributed by atoms with Crippen LogP contribution in [0.2, 0.25) is 0 Å². The zero-order valence-corrected chi connectivity index (χ0v) is 17.3. The zero-order valence-electron chi connectivity index (χ0n) is 17.3. The molecule has 1 fully saturated rings. The summed E-state index contributed by atoms with van der Waals surface area (Å²) in [7, 11) is 1.30. The largest absolute Gasteiger partial charge is 0.495 e. The molecule has 1 aliphatic heterocycles. The van der Waals surface area contributed by atoms with Crippen LogP contribution in [0.3, 0.4) is 0 Å². The van der Waals surface area contributed by atoms with E-state index in [2.05, 4.69) is 45.9 Å². The fourth-order valence-corrected chi connectivity index (χ4v) is 2.90. The van der Waals surface area contributed by atoms with Crippen LogP contribution in [0.25, 0.3) is 0 Å². The monoisotopic (exact) mass is 364 g/mol. The van der Waals surface area contributed by atoms with Gasteiger partial charge in [-0.25, -0.2) is 0 Å². The van der Waals surface area contributed by atoms with Crippen LogP contribution < -0.4 is 5.46 Å². The Balaban J connectivity index is 2.09. The topological polar surface area (TPSA) is 46.2 Å². The molecular weight excluding hydrogens is 331 g/mol. The number of rotatable bonds is 9. The van der Waals surface area contributed by atoms with Gasteiger partial charge < -0.3 is 23.5 Å². The molecule has 0 unspecified atom stereocenters. The molecule has 1 heterocycles. The van der Waals surface area contributed by atoms with Crippen molar-refractivity contribution in [1.82, 2.24) is 0 Å². The smallest absolute Gasteiger partial charge is 0.399 e. The third-order valence-electron chi connectivity index (χ3n) is 5.09. The summed E-state index contributed by atoms with van der Waals surface area (Å²) in [4.78, 5) is 0. The fourth-order valence-electron chi connectivity index (χ4n) is 2.90. The summed E-state index contributed by atoms with van der Waals surface area (Å²) in [6.45, 7) is 14.6. The number of hydrogen-bond donors (Lipinski definition) is 0. The molecule has 0 spiro atoms. The molecule has 1 aromatic rings. The van der Waals surface area contributed by atoms with Gasteiger partial charge in [0.1, 0.15) is 0 Å². The summed E-state index contributed by atoms with van der Waals surface area (Å²) in [5, 5.41) is 0. The van der Waals surface area contributed by atoms with Crippen molar-refractivity contribution in [1.29, 1.82) is 0 Å². The van der Waals surface area contributed by atoms with Gasteiger partial charge in [0.2, 0.25) is 0 Å². The molecule has 5 nitrogen and oxygen atoms in total. The average Bonchev–Trinajstić information content (AvgIpc) is 2.76. The van der Waals surface area contributed by atoms with Crippen molar-refractivity contribution < 1.29 is 23.5 Å². The van der Waals surface area contributed by atoms with E-state index in [1.807, 2.05) is 13.8 Å². The maximum absolute atomic E-state index is 6.19. The van der Waals surface area contributed by atoms with E-state index in [0.29, 0.717) is 26.4 Å². The highest BCUT2D eigenvalue weighted by atomic mass is 16.7. The van der Waals surface area contributed by atoms with Gasteiger partial charge in [-0.2, -0.15) is 0 Å². The quantitative estimate of drug-likeness (QED) is 0.631. The zero-order chi connectivity index (χ0) is 19.4. The molecular formula is C20H33BO5. The minimum absolute atomic E-state index is 0.0995. The SMILES string of the molecule is CCO[C@H](C)COCc1ccc(B2OC(C)(C)C(C)(C)O2)c(COC)c1. The first-order chi connectivity index (χ1) is 12.2. The van der Waals surface area contributed by atoms with Crippen molar-refractivity contribution in [2.45, 2.75) is 72.1 Å². The number of benzene rings is 1. The normalized spacial score (nSPS) is 19.7. The Labute approximate surface area is 158 Å². The third kappa shape index (κ3) is 5.08. The first-order valence-electron chi connectivity index (χ1n) is 9.35. The average molecular weight is 364 g/mol. The molecule has 0 aliphatic carbocycles. The van der Waals surface area contributed by atoms with Crippen molar-refractivity contribution in [2.75, 3.05) is 20.3 Å². The second kappa shape index (κ2) is 8.85. The van der Waals surface area contributed by atoms with Crippen LogP contribution in [0.15, 0.2) is 18.2 Å². The molecule has 1 saturated heterocycles. The first kappa shape index (κ1) is 21.4. The molecule has 0 bridgehead atoms. The lowest BCUT2D eigenvalue weighted by atomic mass is 9.75. The van der Waals surface area contributed by atoms with E-state index >= 15 is 0 Å². The predicted molar refractivity (Wildman–Crippen MR) is 104 cm³/mol. The minimum Gasteiger partial charge on any atom is -0.399 e. The van der Waals surface area contributed by atoms with Crippen LogP contribution in [-0.2, 0) is 36.7 Å². The maximum atomic E-state index is 6.19. The van der Waals surface area contributed by atoms with Crippen molar-refractivity contribution in [3.63, 3.8) is 0 Å². The molecule has 6 heteroatoms. The number of methoxy groups -OCH3 is 1. The van der Waals surface area contributed by atoms with E-state index in [1.165, 1.54) is 0 Å². The van der Waals surface area contributed by atoms with Crippen LogP contribution in [0.5, 0.6) is 0 Å². The van der Waals surface area contributed by atoms with E-state index in [0.717, 1.165) is 16.6 Å². The van der Waals surface area contributed by atoms with E-state index in [9.17, 15) is 0 Å². The summed E-state index contributed by atoms with van der Waals surface area (Å²) in [5.41, 5.74) is 2.45. The van der Waals surface area contributed by atoms with Crippen molar-refractivity contribution in [2.24, 2.45) is 0 Å². The van der Waals surface area contributed by atoms with Crippen LogP contribution in [-0.4, -0.2) is 44.7 Å². The number of hydrogen-bond acceptors (Lipinski definition) is 5. The molecule has 2 rings (SSSR count). The molecule has 0 amide bonds. The van der Waals surface area contributed by atoms with Crippen molar-refractivity contribution in [3.8, 4) is 0 Å². The Bertz CT molecular complexity index is 572. The minimum atomic E-state index is -0.391. The standard InChI is InChI=1S/C20H33BO5/c1-8-24-15(2)12-23-13-16-9-10-18(17(11-16)14-22-7)21-25-19(3,4)20(5,6)26-21/h9-11,15H,8,12-14H2,1-7H3/t15-/m1/s1. The molecule has 1 aliphatic rings. The van der Waals surface area contributed by atoms with Gasteiger partial charge in [0, 0.05) is 13.7 Å². The third-order valence-corrected chi connectivity index (χ3v) is 5.09. The summed E-state index contributed by atoms with van der Waals surface area (Å²) in [6.07, 6.45) is 0.0995. The lowest BCUT2D eigenvalue weighted by Crippen LogP contribution is -2.41. The van der Waals surface area contributed by atoms with Gasteiger partial charge in [-0.05, 0) is 58.1 Å². The first-order valence-corrected chi connectivity index (χ1v) is 9.35. The predicted octanol–water partition coefficient (Wildman–Crippen LogP) is 3.07. The molecule has 1 aromatic carbocycles. The van der Waals surface area contributed by atoms with Gasteiger partial charge in [0.25, 0.3) is 0 Å². The second-order valence-corrected chi connectivity index (χ2v) is 7.84. The molecule has 0 saturated carbocycles. The van der Waals surface area contributed by atoms with Gasteiger partial charge in [-0.3, -0.25) is 0 Å². The van der Waals surface area contributed by atoms with Crippen LogP contribution >= 0.6 is 0 Å². The van der Waals surface area contributed by atoms with Gasteiger partial charge >= 0.3 is 7.12 Å². The summed E-state index contributed by atoms with van der Waals surface area (Å²) in [5.74, 6) is 0. The van der Waals surface area contributed by atoms with Gasteiger partial charge in [-0.15, -0.1) is 0 Å². The Morgan fingerprint density at radius 2 is 1.73 bits per heavy atom. The Morgan fingerprint density at radius 1 is 1.08 bits per heavy atom. The van der Waals surface area contributed by atoms with Crippen LogP contribution in [0.4, 0.5) is 0 Å². The lowest BCUT2D eigenvalue weighted by molar-refractivity contribution is -0.00715. The van der Waals surface area contributed by atoms with E-state index < -0.39 is 7.12 Å². The molecule has 0 aromatic heterocycles. The van der Waals surface area contributed by atoms with Crippen LogP contribution in [0.1, 0.15) is 52.7 Å². The molecule has 0 N–H and O–H groups in total. The maximum Gasteiger partial charge on any atom is 0.495 e. The molecule has 26 heavy (non-hydrogen) atoms. The highest BCUT2D eigenvalue weighted by molar-refractivity contribution is 6.62. The van der Waals surface area contributed by atoms with E-state index in [1.54, 1.807) is 7.11 Å².